The van der Waals surface area contributed by atoms with Crippen LogP contribution in [0.25, 0.3) is 0 Å². The van der Waals surface area contributed by atoms with Crippen LogP contribution >= 0.6 is 0 Å². The predicted octanol–water partition coefficient (Wildman–Crippen LogP) is 1.17. The Labute approximate surface area is 114 Å². The van der Waals surface area contributed by atoms with Gasteiger partial charge in [0.2, 0.25) is 0 Å². The smallest absolute Gasteiger partial charge is 0.269 e. The van der Waals surface area contributed by atoms with Crippen LogP contribution in [-0.4, -0.2) is 22.0 Å². The normalized spacial score (nSPS) is 9.80. The molecule has 0 spiro atoms. The standard InChI is InChI=1S/C14H12N2O4/c17-11-5-1-9(2-6-11)13(19)15-16-14(20)10-3-7-12(18)8-4-10/h1-8,17-18H,(H,15,19)(H,16,20). The van der Waals surface area contributed by atoms with Crippen molar-refractivity contribution >= 4 is 11.8 Å². The molecular weight excluding hydrogens is 260 g/mol. The molecule has 0 aromatic heterocycles. The zero-order chi connectivity index (χ0) is 14.5. The van der Waals surface area contributed by atoms with Crippen LogP contribution < -0.4 is 10.9 Å². The lowest BCUT2D eigenvalue weighted by Crippen LogP contribution is -2.41. The van der Waals surface area contributed by atoms with Gasteiger partial charge in [-0.15, -0.1) is 0 Å². The molecule has 0 saturated carbocycles. The highest BCUT2D eigenvalue weighted by atomic mass is 16.3. The molecule has 6 heteroatoms. The highest BCUT2D eigenvalue weighted by Gasteiger charge is 2.08. The number of aromatic hydroxyl groups is 2. The second-order valence-electron chi connectivity index (χ2n) is 4.00. The lowest BCUT2D eigenvalue weighted by molar-refractivity contribution is 0.0846. The third kappa shape index (κ3) is 3.26. The zero-order valence-corrected chi connectivity index (χ0v) is 10.3. The number of benzene rings is 2. The van der Waals surface area contributed by atoms with Crippen molar-refractivity contribution in [2.75, 3.05) is 0 Å². The number of phenols is 2. The van der Waals surface area contributed by atoms with Gasteiger partial charge < -0.3 is 10.2 Å². The van der Waals surface area contributed by atoms with Crippen molar-refractivity contribution in [3.63, 3.8) is 0 Å². The van der Waals surface area contributed by atoms with Crippen molar-refractivity contribution < 1.29 is 19.8 Å². The Kier molecular flexibility index (Phi) is 3.85. The molecule has 4 N–H and O–H groups in total. The van der Waals surface area contributed by atoms with Crippen molar-refractivity contribution in [1.29, 1.82) is 0 Å². The van der Waals surface area contributed by atoms with Crippen LogP contribution in [0, 0.1) is 0 Å². The maximum atomic E-state index is 11.7. The van der Waals surface area contributed by atoms with Crippen LogP contribution in [0.3, 0.4) is 0 Å². The van der Waals surface area contributed by atoms with Crippen molar-refractivity contribution in [2.24, 2.45) is 0 Å². The van der Waals surface area contributed by atoms with Crippen molar-refractivity contribution in [2.45, 2.75) is 0 Å². The third-order valence-electron chi connectivity index (χ3n) is 2.55. The van der Waals surface area contributed by atoms with E-state index >= 15 is 0 Å². The minimum atomic E-state index is -0.503. The van der Waals surface area contributed by atoms with E-state index < -0.39 is 11.8 Å². The van der Waals surface area contributed by atoms with Gasteiger partial charge in [-0.25, -0.2) is 0 Å². The van der Waals surface area contributed by atoms with Crippen molar-refractivity contribution in [3.05, 3.63) is 59.7 Å². The fourth-order valence-corrected chi connectivity index (χ4v) is 1.48. The molecule has 0 fully saturated rings. The second-order valence-corrected chi connectivity index (χ2v) is 4.00. The summed E-state index contributed by atoms with van der Waals surface area (Å²) in [5.74, 6) is -0.904. The molecule has 6 nitrogen and oxygen atoms in total. The quantitative estimate of drug-likeness (QED) is 0.617. The number of amides is 2. The molecule has 20 heavy (non-hydrogen) atoms. The second kappa shape index (κ2) is 5.75. The summed E-state index contributed by atoms with van der Waals surface area (Å²) in [6.07, 6.45) is 0. The summed E-state index contributed by atoms with van der Waals surface area (Å²) < 4.78 is 0. The van der Waals surface area contributed by atoms with Gasteiger partial charge in [-0.05, 0) is 48.5 Å². The van der Waals surface area contributed by atoms with Gasteiger partial charge in [0.05, 0.1) is 0 Å². The molecule has 2 amide bonds. The zero-order valence-electron chi connectivity index (χ0n) is 10.3. The summed E-state index contributed by atoms with van der Waals surface area (Å²) >= 11 is 0. The molecule has 0 aliphatic rings. The fourth-order valence-electron chi connectivity index (χ4n) is 1.48. The first-order valence-corrected chi connectivity index (χ1v) is 5.75. The number of nitrogens with one attached hydrogen (secondary N) is 2. The van der Waals surface area contributed by atoms with E-state index in [1.54, 1.807) is 0 Å². The Morgan fingerprint density at radius 3 is 1.25 bits per heavy atom. The number of hydrogen-bond donors (Lipinski definition) is 4. The minimum Gasteiger partial charge on any atom is -0.508 e. The molecule has 2 aromatic rings. The SMILES string of the molecule is O=C(NNC(=O)c1ccc(O)cc1)c1ccc(O)cc1. The highest BCUT2D eigenvalue weighted by molar-refractivity contribution is 5.99. The summed E-state index contributed by atoms with van der Waals surface area (Å²) in [6.45, 7) is 0. The van der Waals surface area contributed by atoms with Crippen LogP contribution in [0.2, 0.25) is 0 Å². The van der Waals surface area contributed by atoms with E-state index in [9.17, 15) is 9.59 Å². The Morgan fingerprint density at radius 2 is 0.950 bits per heavy atom. The lowest BCUT2D eigenvalue weighted by atomic mass is 10.2. The number of carbonyl (C=O) groups excluding carboxylic acids is 2. The van der Waals surface area contributed by atoms with Crippen LogP contribution in [0.5, 0.6) is 11.5 Å². The van der Waals surface area contributed by atoms with Crippen LogP contribution in [0.4, 0.5) is 0 Å². The predicted molar refractivity (Wildman–Crippen MR) is 71.1 cm³/mol. The van der Waals surface area contributed by atoms with Crippen LogP contribution in [-0.2, 0) is 0 Å². The van der Waals surface area contributed by atoms with E-state index in [1.807, 2.05) is 0 Å². The highest BCUT2D eigenvalue weighted by Crippen LogP contribution is 2.10. The molecule has 0 unspecified atom stereocenters. The number of carbonyl (C=O) groups is 2. The van der Waals surface area contributed by atoms with Crippen molar-refractivity contribution in [1.82, 2.24) is 10.9 Å². The topological polar surface area (TPSA) is 98.7 Å². The van der Waals surface area contributed by atoms with E-state index in [0.717, 1.165) is 0 Å². The Hall–Kier alpha value is -3.02. The molecule has 2 aromatic carbocycles. The molecule has 0 heterocycles. The average molecular weight is 272 g/mol. The monoisotopic (exact) mass is 272 g/mol. The Balaban J connectivity index is 1.94. The summed E-state index contributed by atoms with van der Waals surface area (Å²) in [5, 5.41) is 18.2. The molecule has 102 valence electrons. The molecular formula is C14H12N2O4. The average Bonchev–Trinajstić information content (AvgIpc) is 2.46. The first kappa shape index (κ1) is 13.4. The maximum Gasteiger partial charge on any atom is 0.269 e. The van der Waals surface area contributed by atoms with E-state index in [-0.39, 0.29) is 11.5 Å². The van der Waals surface area contributed by atoms with Gasteiger partial charge in [-0.2, -0.15) is 0 Å². The molecule has 2 rings (SSSR count). The molecule has 0 saturated heterocycles. The van der Waals surface area contributed by atoms with Crippen LogP contribution in [0.15, 0.2) is 48.5 Å². The summed E-state index contributed by atoms with van der Waals surface area (Å²) in [7, 11) is 0. The molecule has 0 atom stereocenters. The summed E-state index contributed by atoms with van der Waals surface area (Å²) in [5.41, 5.74) is 5.10. The third-order valence-corrected chi connectivity index (χ3v) is 2.55. The summed E-state index contributed by atoms with van der Waals surface area (Å²) in [6, 6.07) is 11.2. The van der Waals surface area contributed by atoms with Crippen molar-refractivity contribution in [3.8, 4) is 11.5 Å². The van der Waals surface area contributed by atoms with Gasteiger partial charge in [0.25, 0.3) is 11.8 Å². The van der Waals surface area contributed by atoms with Gasteiger partial charge in [0.15, 0.2) is 0 Å². The van der Waals surface area contributed by atoms with E-state index in [0.29, 0.717) is 11.1 Å². The largest absolute Gasteiger partial charge is 0.508 e. The molecule has 0 aliphatic heterocycles. The number of hydrazine groups is 1. The summed E-state index contributed by atoms with van der Waals surface area (Å²) in [4.78, 5) is 23.4. The van der Waals surface area contributed by atoms with E-state index in [2.05, 4.69) is 10.9 Å². The molecule has 0 bridgehead atoms. The lowest BCUT2D eigenvalue weighted by Gasteiger charge is -2.07. The van der Waals surface area contributed by atoms with Gasteiger partial charge >= 0.3 is 0 Å². The van der Waals surface area contributed by atoms with Gasteiger partial charge in [0, 0.05) is 11.1 Å². The maximum absolute atomic E-state index is 11.7. The minimum absolute atomic E-state index is 0.0506. The van der Waals surface area contributed by atoms with Gasteiger partial charge in [-0.1, -0.05) is 0 Å². The Morgan fingerprint density at radius 1 is 0.650 bits per heavy atom. The molecule has 0 radical (unpaired) electrons. The van der Waals surface area contributed by atoms with E-state index in [4.69, 9.17) is 10.2 Å². The first-order valence-electron chi connectivity index (χ1n) is 5.75. The Bertz CT molecular complexity index is 563. The van der Waals surface area contributed by atoms with Gasteiger partial charge in [-0.3, -0.25) is 20.4 Å². The number of phenolic OH excluding ortho intramolecular Hbond substituents is 2. The molecule has 0 aliphatic carbocycles. The first-order chi connectivity index (χ1) is 9.56. The van der Waals surface area contributed by atoms with E-state index in [1.165, 1.54) is 48.5 Å². The fraction of sp³-hybridized carbons (Fsp3) is 0. The van der Waals surface area contributed by atoms with Crippen LogP contribution in [0.1, 0.15) is 20.7 Å². The number of hydrogen-bond acceptors (Lipinski definition) is 4. The number of rotatable bonds is 2. The van der Waals surface area contributed by atoms with Gasteiger partial charge in [0.1, 0.15) is 11.5 Å².